The van der Waals surface area contributed by atoms with E-state index in [2.05, 4.69) is 46.1 Å². The van der Waals surface area contributed by atoms with E-state index in [9.17, 15) is 4.79 Å². The van der Waals surface area contributed by atoms with Gasteiger partial charge in [-0.05, 0) is 89.3 Å². The number of carbonyl (C=O) groups excluding carboxylic acids is 1. The van der Waals surface area contributed by atoms with Gasteiger partial charge in [-0.15, -0.1) is 11.3 Å². The Labute approximate surface area is 235 Å². The van der Waals surface area contributed by atoms with Crippen molar-refractivity contribution in [2.24, 2.45) is 0 Å². The number of benzene rings is 1. The highest BCUT2D eigenvalue weighted by Crippen LogP contribution is 2.34. The molecule has 5 rings (SSSR count). The maximum absolute atomic E-state index is 13.3. The lowest BCUT2D eigenvalue weighted by Gasteiger charge is -2.50. The van der Waals surface area contributed by atoms with E-state index >= 15 is 0 Å². The lowest BCUT2D eigenvalue weighted by molar-refractivity contribution is 0.0170. The second-order valence-electron chi connectivity index (χ2n) is 11.1. The van der Waals surface area contributed by atoms with Crippen LogP contribution in [0.25, 0.3) is 0 Å². The monoisotopic (exact) mass is 551 g/mol. The fourth-order valence-electron chi connectivity index (χ4n) is 6.12. The van der Waals surface area contributed by atoms with E-state index in [-0.39, 0.29) is 11.4 Å². The number of halogens is 1. The molecule has 0 atom stereocenters. The minimum atomic E-state index is 0.123. The molecule has 1 aromatic carbocycles. The Morgan fingerprint density at radius 1 is 1.08 bits per heavy atom. The van der Waals surface area contributed by atoms with Gasteiger partial charge < -0.3 is 9.80 Å². The van der Waals surface area contributed by atoms with E-state index in [4.69, 9.17) is 16.6 Å². The normalized spacial score (nSPS) is 18.5. The molecule has 2 aliphatic heterocycles. The molecule has 0 bridgehead atoms. The van der Waals surface area contributed by atoms with Crippen LogP contribution in [0.4, 0.5) is 5.69 Å². The highest BCUT2D eigenvalue weighted by Gasteiger charge is 2.39. The predicted molar refractivity (Wildman–Crippen MR) is 156 cm³/mol. The quantitative estimate of drug-likeness (QED) is 0.361. The van der Waals surface area contributed by atoms with Crippen LogP contribution in [0.5, 0.6) is 0 Å². The number of thiazole rings is 1. The van der Waals surface area contributed by atoms with Crippen LogP contribution in [0, 0.1) is 20.8 Å². The SMILES string of the molecule is Cc1nc(CN(c2ccc(Cl)cc2)C2CCN(C3(C)CCN(C(=O)c4c(C)ccnc4C)CC3)CC2)cs1. The van der Waals surface area contributed by atoms with Gasteiger partial charge in [0.1, 0.15) is 0 Å². The van der Waals surface area contributed by atoms with Crippen molar-refractivity contribution in [3.63, 3.8) is 0 Å². The summed E-state index contributed by atoms with van der Waals surface area (Å²) in [6, 6.07) is 10.6. The fourth-order valence-corrected chi connectivity index (χ4v) is 6.85. The van der Waals surface area contributed by atoms with E-state index in [0.29, 0.717) is 6.04 Å². The Morgan fingerprint density at radius 3 is 2.37 bits per heavy atom. The molecule has 0 saturated carbocycles. The van der Waals surface area contributed by atoms with Crippen molar-refractivity contribution in [1.29, 1.82) is 0 Å². The van der Waals surface area contributed by atoms with Crippen LogP contribution in [-0.4, -0.2) is 63.4 Å². The Kier molecular flexibility index (Phi) is 8.08. The number of nitrogens with zero attached hydrogens (tertiary/aromatic N) is 5. The third kappa shape index (κ3) is 5.75. The van der Waals surface area contributed by atoms with Gasteiger partial charge in [-0.1, -0.05) is 11.6 Å². The van der Waals surface area contributed by atoms with Crippen LogP contribution < -0.4 is 4.90 Å². The molecule has 0 aliphatic carbocycles. The average molecular weight is 552 g/mol. The first-order valence-corrected chi connectivity index (χ1v) is 14.9. The van der Waals surface area contributed by atoms with E-state index in [1.165, 1.54) is 5.69 Å². The Balaban J connectivity index is 1.22. The molecule has 2 aromatic heterocycles. The summed E-state index contributed by atoms with van der Waals surface area (Å²) in [7, 11) is 0. The number of anilines is 1. The van der Waals surface area contributed by atoms with Gasteiger partial charge in [-0.3, -0.25) is 14.7 Å². The smallest absolute Gasteiger partial charge is 0.255 e. The molecule has 202 valence electrons. The van der Waals surface area contributed by atoms with Crippen molar-refractivity contribution >= 4 is 34.5 Å². The van der Waals surface area contributed by atoms with Crippen LogP contribution in [0.3, 0.4) is 0 Å². The zero-order valence-electron chi connectivity index (χ0n) is 22.9. The number of hydrogen-bond acceptors (Lipinski definition) is 6. The topological polar surface area (TPSA) is 52.6 Å². The molecule has 0 N–H and O–H groups in total. The van der Waals surface area contributed by atoms with Crippen molar-refractivity contribution < 1.29 is 4.79 Å². The second kappa shape index (κ2) is 11.3. The van der Waals surface area contributed by atoms with Crippen molar-refractivity contribution in [3.05, 3.63) is 74.5 Å². The molecule has 2 fully saturated rings. The lowest BCUT2D eigenvalue weighted by atomic mass is 9.85. The summed E-state index contributed by atoms with van der Waals surface area (Å²) in [6.07, 6.45) is 6.00. The molecule has 8 heteroatoms. The molecule has 2 saturated heterocycles. The van der Waals surface area contributed by atoms with E-state index < -0.39 is 0 Å². The third-order valence-electron chi connectivity index (χ3n) is 8.52. The first-order valence-electron chi connectivity index (χ1n) is 13.6. The molecular formula is C30H38ClN5OS. The van der Waals surface area contributed by atoms with Gasteiger partial charge in [0.05, 0.1) is 28.5 Å². The molecule has 2 aliphatic rings. The molecule has 0 radical (unpaired) electrons. The van der Waals surface area contributed by atoms with Crippen LogP contribution in [0.2, 0.25) is 5.02 Å². The van der Waals surface area contributed by atoms with Gasteiger partial charge in [-0.2, -0.15) is 0 Å². The number of aryl methyl sites for hydroxylation is 3. The highest BCUT2D eigenvalue weighted by atomic mass is 35.5. The van der Waals surface area contributed by atoms with Crippen molar-refractivity contribution in [1.82, 2.24) is 19.8 Å². The Bertz CT molecular complexity index is 1240. The van der Waals surface area contributed by atoms with Gasteiger partial charge in [0.15, 0.2) is 0 Å². The van der Waals surface area contributed by atoms with E-state index in [1.54, 1.807) is 17.5 Å². The summed E-state index contributed by atoms with van der Waals surface area (Å²) in [4.78, 5) is 29.6. The van der Waals surface area contributed by atoms with Crippen molar-refractivity contribution in [2.45, 2.75) is 71.5 Å². The number of likely N-dealkylation sites (tertiary alicyclic amines) is 2. The molecular weight excluding hydrogens is 514 g/mol. The highest BCUT2D eigenvalue weighted by molar-refractivity contribution is 7.09. The van der Waals surface area contributed by atoms with Crippen molar-refractivity contribution in [2.75, 3.05) is 31.1 Å². The number of pyridine rings is 1. The van der Waals surface area contributed by atoms with Gasteiger partial charge >= 0.3 is 0 Å². The van der Waals surface area contributed by atoms with Gasteiger partial charge in [0.2, 0.25) is 0 Å². The largest absolute Gasteiger partial charge is 0.363 e. The van der Waals surface area contributed by atoms with Gasteiger partial charge in [-0.25, -0.2) is 4.98 Å². The minimum Gasteiger partial charge on any atom is -0.363 e. The van der Waals surface area contributed by atoms with E-state index in [0.717, 1.165) is 91.0 Å². The molecule has 0 spiro atoms. The average Bonchev–Trinajstić information content (AvgIpc) is 3.33. The molecule has 6 nitrogen and oxygen atoms in total. The number of hydrogen-bond donors (Lipinski definition) is 0. The van der Waals surface area contributed by atoms with Gasteiger partial charge in [0, 0.05) is 60.0 Å². The summed E-state index contributed by atoms with van der Waals surface area (Å²) < 4.78 is 0. The predicted octanol–water partition coefficient (Wildman–Crippen LogP) is 6.28. The maximum atomic E-state index is 13.3. The Morgan fingerprint density at radius 2 is 1.76 bits per heavy atom. The zero-order valence-corrected chi connectivity index (χ0v) is 24.5. The van der Waals surface area contributed by atoms with Crippen LogP contribution in [0.15, 0.2) is 41.9 Å². The molecule has 0 unspecified atom stereocenters. The molecule has 1 amide bonds. The lowest BCUT2D eigenvalue weighted by Crippen LogP contribution is -2.58. The standard InChI is InChI=1S/C30H38ClN5OS/c1-21-9-14-32-22(2)28(21)29(37)34-17-12-30(4,13-18-34)35-15-10-27(11-16-35)36(19-25-20-38-23(3)33-25)26-7-5-24(31)6-8-26/h5-9,14,20,27H,10-13,15-19H2,1-4H3. The summed E-state index contributed by atoms with van der Waals surface area (Å²) in [5.41, 5.74) is 5.07. The number of rotatable bonds is 6. The summed E-state index contributed by atoms with van der Waals surface area (Å²) in [5.74, 6) is 0.129. The zero-order chi connectivity index (χ0) is 26.9. The summed E-state index contributed by atoms with van der Waals surface area (Å²) >= 11 is 7.92. The minimum absolute atomic E-state index is 0.123. The van der Waals surface area contributed by atoms with Crippen LogP contribution >= 0.6 is 22.9 Å². The number of aromatic nitrogens is 2. The molecule has 38 heavy (non-hydrogen) atoms. The Hall–Kier alpha value is -2.48. The first-order chi connectivity index (χ1) is 18.2. The first kappa shape index (κ1) is 27.1. The van der Waals surface area contributed by atoms with Crippen LogP contribution in [0.1, 0.15) is 64.9 Å². The summed E-state index contributed by atoms with van der Waals surface area (Å²) in [6.45, 7) is 12.9. The second-order valence-corrected chi connectivity index (χ2v) is 12.6. The van der Waals surface area contributed by atoms with Gasteiger partial charge in [0.25, 0.3) is 5.91 Å². The number of piperidine rings is 2. The fraction of sp³-hybridized carbons (Fsp3) is 0.500. The maximum Gasteiger partial charge on any atom is 0.255 e. The number of amides is 1. The molecule has 4 heterocycles. The van der Waals surface area contributed by atoms with Crippen LogP contribution in [-0.2, 0) is 6.54 Å². The van der Waals surface area contributed by atoms with E-state index in [1.807, 2.05) is 36.9 Å². The summed E-state index contributed by atoms with van der Waals surface area (Å²) in [5, 5.41) is 4.05. The third-order valence-corrected chi connectivity index (χ3v) is 9.59. The number of carbonyl (C=O) groups is 1. The van der Waals surface area contributed by atoms with Crippen molar-refractivity contribution in [3.8, 4) is 0 Å². The molecule has 3 aromatic rings.